The average molecular weight is 278 g/mol. The molecule has 2 heterocycles. The molecular formula is C14H26N6. The van der Waals surface area contributed by atoms with Gasteiger partial charge in [-0.25, -0.2) is 15.8 Å². The Hall–Kier alpha value is -1.40. The Morgan fingerprint density at radius 1 is 1.35 bits per heavy atom. The number of nitrogens with two attached hydrogens (primary N) is 1. The van der Waals surface area contributed by atoms with Gasteiger partial charge in [-0.3, -0.25) is 0 Å². The number of nitrogens with zero attached hydrogens (tertiary/aromatic N) is 3. The number of anilines is 2. The quantitative estimate of drug-likeness (QED) is 0.518. The summed E-state index contributed by atoms with van der Waals surface area (Å²) in [6.45, 7) is 8.84. The molecule has 1 unspecified atom stereocenters. The van der Waals surface area contributed by atoms with Crippen LogP contribution in [0.5, 0.6) is 0 Å². The minimum atomic E-state index is 0.674. The van der Waals surface area contributed by atoms with E-state index >= 15 is 0 Å². The molecule has 1 aromatic heterocycles. The largest absolute Gasteiger partial charge is 0.370 e. The molecule has 0 saturated carbocycles. The van der Waals surface area contributed by atoms with E-state index in [9.17, 15) is 0 Å². The number of aryl methyl sites for hydroxylation is 1. The molecule has 0 bridgehead atoms. The second kappa shape index (κ2) is 7.40. The van der Waals surface area contributed by atoms with Crippen molar-refractivity contribution in [2.24, 2.45) is 11.8 Å². The maximum Gasteiger partial charge on any atom is 0.145 e. The molecule has 4 N–H and O–H groups in total. The predicted octanol–water partition coefficient (Wildman–Crippen LogP) is 1.47. The van der Waals surface area contributed by atoms with Gasteiger partial charge in [-0.1, -0.05) is 13.8 Å². The summed E-state index contributed by atoms with van der Waals surface area (Å²) in [6.07, 6.45) is 3.16. The van der Waals surface area contributed by atoms with Gasteiger partial charge in [0.25, 0.3) is 0 Å². The van der Waals surface area contributed by atoms with E-state index in [-0.39, 0.29) is 0 Å². The van der Waals surface area contributed by atoms with Gasteiger partial charge in [0.2, 0.25) is 0 Å². The van der Waals surface area contributed by atoms with Crippen molar-refractivity contribution < 1.29 is 0 Å². The highest BCUT2D eigenvalue weighted by atomic mass is 15.3. The van der Waals surface area contributed by atoms with Crippen LogP contribution >= 0.6 is 0 Å². The first-order valence-electron chi connectivity index (χ1n) is 7.56. The average Bonchev–Trinajstić information content (AvgIpc) is 2.93. The first kappa shape index (κ1) is 15.0. The summed E-state index contributed by atoms with van der Waals surface area (Å²) in [5.74, 6) is 8.55. The molecule has 0 amide bonds. The first-order chi connectivity index (χ1) is 9.75. The molecule has 1 aliphatic heterocycles. The SMILES string of the molecule is CCCc1nc(NN)cc(NCC2CCN(CC)C2)n1. The van der Waals surface area contributed by atoms with E-state index < -0.39 is 0 Å². The lowest BCUT2D eigenvalue weighted by molar-refractivity contribution is 0.345. The van der Waals surface area contributed by atoms with E-state index in [0.717, 1.165) is 37.6 Å². The van der Waals surface area contributed by atoms with Crippen molar-refractivity contribution in [2.75, 3.05) is 36.9 Å². The van der Waals surface area contributed by atoms with E-state index in [1.807, 2.05) is 6.07 Å². The molecule has 2 rings (SSSR count). The van der Waals surface area contributed by atoms with E-state index in [1.54, 1.807) is 0 Å². The van der Waals surface area contributed by atoms with Crippen LogP contribution in [0.3, 0.4) is 0 Å². The Morgan fingerprint density at radius 3 is 2.80 bits per heavy atom. The Kier molecular flexibility index (Phi) is 5.55. The molecule has 0 spiro atoms. The monoisotopic (exact) mass is 278 g/mol. The van der Waals surface area contributed by atoms with Gasteiger partial charge in [-0.05, 0) is 31.8 Å². The maximum absolute atomic E-state index is 5.46. The number of nitrogens with one attached hydrogen (secondary N) is 2. The zero-order chi connectivity index (χ0) is 14.4. The lowest BCUT2D eigenvalue weighted by Gasteiger charge is -2.15. The summed E-state index contributed by atoms with van der Waals surface area (Å²) in [7, 11) is 0. The topological polar surface area (TPSA) is 79.1 Å². The van der Waals surface area contributed by atoms with Gasteiger partial charge in [0.05, 0.1) is 0 Å². The predicted molar refractivity (Wildman–Crippen MR) is 82.5 cm³/mol. The number of hydrazine groups is 1. The molecule has 6 nitrogen and oxygen atoms in total. The van der Waals surface area contributed by atoms with E-state index in [2.05, 4.69) is 39.5 Å². The summed E-state index contributed by atoms with van der Waals surface area (Å²) < 4.78 is 0. The standard InChI is InChI=1S/C14H26N6/c1-3-5-12-17-13(8-14(18-12)19-15)16-9-11-6-7-20(4-2)10-11/h8,11H,3-7,9-10,15H2,1-2H3,(H2,16,17,18,19). The fourth-order valence-corrected chi connectivity index (χ4v) is 2.61. The zero-order valence-corrected chi connectivity index (χ0v) is 12.5. The number of nitrogen functional groups attached to an aromatic ring is 1. The number of likely N-dealkylation sites (tertiary alicyclic amines) is 1. The third-order valence-corrected chi connectivity index (χ3v) is 3.78. The smallest absolute Gasteiger partial charge is 0.145 e. The van der Waals surface area contributed by atoms with Crippen LogP contribution in [-0.2, 0) is 6.42 Å². The van der Waals surface area contributed by atoms with Gasteiger partial charge >= 0.3 is 0 Å². The Morgan fingerprint density at radius 2 is 2.15 bits per heavy atom. The fraction of sp³-hybridized carbons (Fsp3) is 0.714. The van der Waals surface area contributed by atoms with Crippen LogP contribution in [0.25, 0.3) is 0 Å². The molecule has 1 aromatic rings. The van der Waals surface area contributed by atoms with Crippen LogP contribution in [0.4, 0.5) is 11.6 Å². The molecule has 0 radical (unpaired) electrons. The third-order valence-electron chi connectivity index (χ3n) is 3.78. The lowest BCUT2D eigenvalue weighted by Crippen LogP contribution is -2.23. The Bertz CT molecular complexity index is 422. The van der Waals surface area contributed by atoms with Crippen LogP contribution in [-0.4, -0.2) is 41.0 Å². The second-order valence-electron chi connectivity index (χ2n) is 5.38. The van der Waals surface area contributed by atoms with Crippen molar-refractivity contribution >= 4 is 11.6 Å². The highest BCUT2D eigenvalue weighted by Gasteiger charge is 2.20. The first-order valence-corrected chi connectivity index (χ1v) is 7.56. The van der Waals surface area contributed by atoms with Crippen molar-refractivity contribution in [3.63, 3.8) is 0 Å². The second-order valence-corrected chi connectivity index (χ2v) is 5.38. The van der Waals surface area contributed by atoms with Crippen molar-refractivity contribution in [3.8, 4) is 0 Å². The summed E-state index contributed by atoms with van der Waals surface area (Å²) in [4.78, 5) is 11.4. The highest BCUT2D eigenvalue weighted by Crippen LogP contribution is 2.17. The lowest BCUT2D eigenvalue weighted by atomic mass is 10.1. The van der Waals surface area contributed by atoms with Gasteiger partial charge in [0, 0.05) is 25.6 Å². The number of hydrogen-bond donors (Lipinski definition) is 3. The minimum Gasteiger partial charge on any atom is -0.370 e. The fourth-order valence-electron chi connectivity index (χ4n) is 2.61. The van der Waals surface area contributed by atoms with E-state index in [1.165, 1.54) is 19.5 Å². The molecule has 0 aliphatic carbocycles. The molecule has 6 heteroatoms. The molecule has 1 atom stereocenters. The van der Waals surface area contributed by atoms with E-state index in [4.69, 9.17) is 5.84 Å². The third kappa shape index (κ3) is 4.05. The van der Waals surface area contributed by atoms with Crippen molar-refractivity contribution in [1.29, 1.82) is 0 Å². The van der Waals surface area contributed by atoms with Crippen molar-refractivity contribution in [1.82, 2.24) is 14.9 Å². The molecule has 1 saturated heterocycles. The molecule has 1 fully saturated rings. The number of rotatable bonds is 7. The molecular weight excluding hydrogens is 252 g/mol. The van der Waals surface area contributed by atoms with E-state index in [0.29, 0.717) is 11.7 Å². The van der Waals surface area contributed by atoms with Gasteiger partial charge in [-0.2, -0.15) is 0 Å². The van der Waals surface area contributed by atoms with Gasteiger partial charge in [-0.15, -0.1) is 0 Å². The normalized spacial score (nSPS) is 19.2. The molecule has 112 valence electrons. The summed E-state index contributed by atoms with van der Waals surface area (Å²) in [6, 6.07) is 1.87. The number of hydrogen-bond acceptors (Lipinski definition) is 6. The Balaban J connectivity index is 1.93. The van der Waals surface area contributed by atoms with Gasteiger partial charge in [0.15, 0.2) is 0 Å². The summed E-state index contributed by atoms with van der Waals surface area (Å²) >= 11 is 0. The van der Waals surface area contributed by atoms with Crippen LogP contribution in [0, 0.1) is 5.92 Å². The van der Waals surface area contributed by atoms with Gasteiger partial charge < -0.3 is 15.6 Å². The van der Waals surface area contributed by atoms with Crippen LogP contribution in [0.2, 0.25) is 0 Å². The summed E-state index contributed by atoms with van der Waals surface area (Å²) in [5, 5.41) is 3.43. The van der Waals surface area contributed by atoms with Crippen LogP contribution < -0.4 is 16.6 Å². The molecule has 0 aromatic carbocycles. The Labute approximate surface area is 121 Å². The van der Waals surface area contributed by atoms with Crippen molar-refractivity contribution in [2.45, 2.75) is 33.1 Å². The summed E-state index contributed by atoms with van der Waals surface area (Å²) in [5.41, 5.74) is 2.61. The minimum absolute atomic E-state index is 0.674. The van der Waals surface area contributed by atoms with Crippen molar-refractivity contribution in [3.05, 3.63) is 11.9 Å². The zero-order valence-electron chi connectivity index (χ0n) is 12.5. The van der Waals surface area contributed by atoms with Gasteiger partial charge in [0.1, 0.15) is 17.5 Å². The molecule has 20 heavy (non-hydrogen) atoms. The number of aromatic nitrogens is 2. The maximum atomic E-state index is 5.46. The molecule has 1 aliphatic rings. The van der Waals surface area contributed by atoms with Crippen LogP contribution in [0.1, 0.15) is 32.5 Å². The highest BCUT2D eigenvalue weighted by molar-refractivity contribution is 5.46. The van der Waals surface area contributed by atoms with Crippen LogP contribution in [0.15, 0.2) is 6.07 Å².